The highest BCUT2D eigenvalue weighted by Crippen LogP contribution is 2.26. The average molecular weight is 311 g/mol. The van der Waals surface area contributed by atoms with Crippen molar-refractivity contribution in [1.82, 2.24) is 10.2 Å². The minimum atomic E-state index is 0.0658. The Kier molecular flexibility index (Phi) is 5.45. The summed E-state index contributed by atoms with van der Waals surface area (Å²) in [6.07, 6.45) is 2.64. The summed E-state index contributed by atoms with van der Waals surface area (Å²) in [5.74, 6) is 0.0658. The Labute approximate surface area is 130 Å². The van der Waals surface area contributed by atoms with Gasteiger partial charge in [-0.25, -0.2) is 0 Å². The molecule has 4 N–H and O–H groups in total. The van der Waals surface area contributed by atoms with E-state index in [9.17, 15) is 0 Å². The van der Waals surface area contributed by atoms with Crippen molar-refractivity contribution in [2.24, 2.45) is 10.9 Å². The number of halogens is 1. The van der Waals surface area contributed by atoms with Crippen LogP contribution in [0.4, 0.5) is 0 Å². The first kappa shape index (κ1) is 16.1. The molecular formula is C15H23ClN4O. The van der Waals surface area contributed by atoms with Crippen LogP contribution in [-0.2, 0) is 6.54 Å². The van der Waals surface area contributed by atoms with Gasteiger partial charge in [-0.05, 0) is 38.4 Å². The van der Waals surface area contributed by atoms with Crippen molar-refractivity contribution in [3.63, 3.8) is 0 Å². The van der Waals surface area contributed by atoms with Crippen molar-refractivity contribution < 1.29 is 5.21 Å². The maximum atomic E-state index is 8.66. The summed E-state index contributed by atoms with van der Waals surface area (Å²) in [5.41, 5.74) is 7.17. The van der Waals surface area contributed by atoms with E-state index >= 15 is 0 Å². The first-order valence-corrected chi connectivity index (χ1v) is 7.59. The number of hydrogen-bond acceptors (Lipinski definition) is 4. The molecule has 21 heavy (non-hydrogen) atoms. The molecule has 0 bridgehead atoms. The third kappa shape index (κ3) is 4.33. The van der Waals surface area contributed by atoms with Gasteiger partial charge in [0.25, 0.3) is 0 Å². The molecule has 6 heteroatoms. The lowest BCUT2D eigenvalue weighted by molar-refractivity contribution is 0.241. The Balaban J connectivity index is 1.85. The largest absolute Gasteiger partial charge is 0.409 e. The van der Waals surface area contributed by atoms with Crippen LogP contribution in [-0.4, -0.2) is 41.6 Å². The summed E-state index contributed by atoms with van der Waals surface area (Å²) < 4.78 is 0. The number of nitrogens with two attached hydrogens (primary N) is 1. The van der Waals surface area contributed by atoms with Crippen molar-refractivity contribution in [1.29, 1.82) is 0 Å². The third-order valence-corrected chi connectivity index (χ3v) is 4.38. The molecule has 0 amide bonds. The molecule has 0 aromatic heterocycles. The summed E-state index contributed by atoms with van der Waals surface area (Å²) in [6.45, 7) is 3.86. The minimum Gasteiger partial charge on any atom is -0.409 e. The first-order chi connectivity index (χ1) is 10.0. The number of benzene rings is 1. The lowest BCUT2D eigenvalue weighted by Crippen LogP contribution is -2.38. The topological polar surface area (TPSA) is 73.9 Å². The van der Waals surface area contributed by atoms with Gasteiger partial charge in [-0.15, -0.1) is 0 Å². The van der Waals surface area contributed by atoms with E-state index in [0.29, 0.717) is 23.2 Å². The predicted molar refractivity (Wildman–Crippen MR) is 85.9 cm³/mol. The third-order valence-electron chi connectivity index (χ3n) is 4.03. The molecule has 0 heterocycles. The van der Waals surface area contributed by atoms with Crippen LogP contribution >= 0.6 is 11.6 Å². The quantitative estimate of drug-likeness (QED) is 0.312. The molecule has 1 aromatic rings. The molecule has 0 saturated heterocycles. The molecule has 1 atom stereocenters. The monoisotopic (exact) mass is 310 g/mol. The molecular weight excluding hydrogens is 288 g/mol. The van der Waals surface area contributed by atoms with Crippen LogP contribution in [0.1, 0.15) is 30.9 Å². The average Bonchev–Trinajstić information content (AvgIpc) is 3.31. The highest BCUT2D eigenvalue weighted by molar-refractivity contribution is 6.31. The van der Waals surface area contributed by atoms with Crippen LogP contribution < -0.4 is 11.1 Å². The van der Waals surface area contributed by atoms with Gasteiger partial charge in [-0.1, -0.05) is 28.9 Å². The van der Waals surface area contributed by atoms with Crippen LogP contribution in [0, 0.1) is 0 Å². The van der Waals surface area contributed by atoms with Gasteiger partial charge in [-0.2, -0.15) is 0 Å². The summed E-state index contributed by atoms with van der Waals surface area (Å²) in [6, 6.07) is 6.70. The molecule has 1 aliphatic carbocycles. The number of nitrogens with one attached hydrogen (secondary N) is 1. The number of hydrogen-bond donors (Lipinski definition) is 3. The van der Waals surface area contributed by atoms with Crippen LogP contribution in [0.2, 0.25) is 5.02 Å². The predicted octanol–water partition coefficient (Wildman–Crippen LogP) is 2.01. The van der Waals surface area contributed by atoms with E-state index in [-0.39, 0.29) is 5.84 Å². The molecule has 1 unspecified atom stereocenters. The summed E-state index contributed by atoms with van der Waals surface area (Å²) >= 11 is 6.23. The molecule has 1 saturated carbocycles. The zero-order valence-corrected chi connectivity index (χ0v) is 13.3. The Morgan fingerprint density at radius 1 is 1.57 bits per heavy atom. The zero-order chi connectivity index (χ0) is 15.4. The van der Waals surface area contributed by atoms with Gasteiger partial charge in [-0.3, -0.25) is 4.90 Å². The van der Waals surface area contributed by atoms with Gasteiger partial charge in [0, 0.05) is 35.8 Å². The molecule has 2 rings (SSSR count). The van der Waals surface area contributed by atoms with Crippen molar-refractivity contribution in [2.75, 3.05) is 13.6 Å². The van der Waals surface area contributed by atoms with E-state index < -0.39 is 0 Å². The number of amidine groups is 1. The summed E-state index contributed by atoms with van der Waals surface area (Å²) in [7, 11) is 2.18. The molecule has 116 valence electrons. The van der Waals surface area contributed by atoms with Gasteiger partial charge in [0.15, 0.2) is 5.84 Å². The maximum absolute atomic E-state index is 8.66. The van der Waals surface area contributed by atoms with Gasteiger partial charge >= 0.3 is 0 Å². The summed E-state index contributed by atoms with van der Waals surface area (Å²) in [4.78, 5) is 2.43. The Bertz CT molecular complexity index is 516. The molecule has 1 aliphatic rings. The van der Waals surface area contributed by atoms with E-state index in [0.717, 1.165) is 18.2 Å². The Morgan fingerprint density at radius 3 is 2.86 bits per heavy atom. The fourth-order valence-corrected chi connectivity index (χ4v) is 2.56. The van der Waals surface area contributed by atoms with Crippen molar-refractivity contribution in [3.05, 3.63) is 34.3 Å². The van der Waals surface area contributed by atoms with Crippen molar-refractivity contribution in [2.45, 2.75) is 38.4 Å². The molecule has 0 spiro atoms. The first-order valence-electron chi connectivity index (χ1n) is 7.22. The molecule has 1 fully saturated rings. The number of oxime groups is 1. The minimum absolute atomic E-state index is 0.0658. The SMILES string of the molecule is CC(CNCc1ccc(/C(N)=N/O)cc1Cl)N(C)C1CC1. The molecule has 0 radical (unpaired) electrons. The van der Waals surface area contributed by atoms with Gasteiger partial charge < -0.3 is 16.3 Å². The van der Waals surface area contributed by atoms with Crippen LogP contribution in [0.15, 0.2) is 23.4 Å². The second kappa shape index (κ2) is 7.11. The smallest absolute Gasteiger partial charge is 0.170 e. The fourth-order valence-electron chi connectivity index (χ4n) is 2.31. The lowest BCUT2D eigenvalue weighted by atomic mass is 10.1. The Hall–Kier alpha value is -1.30. The van der Waals surface area contributed by atoms with E-state index in [2.05, 4.69) is 29.3 Å². The van der Waals surface area contributed by atoms with Gasteiger partial charge in [0.1, 0.15) is 0 Å². The highest BCUT2D eigenvalue weighted by Gasteiger charge is 2.28. The molecule has 1 aromatic carbocycles. The molecule has 0 aliphatic heterocycles. The standard InChI is InChI=1S/C15H23ClN4O/c1-10(20(2)13-5-6-13)8-18-9-12-4-3-11(7-14(12)16)15(17)19-21/h3-4,7,10,13,18,21H,5-6,8-9H2,1-2H3,(H2,17,19). The number of nitrogens with zero attached hydrogens (tertiary/aromatic N) is 2. The fraction of sp³-hybridized carbons (Fsp3) is 0.533. The second-order valence-electron chi connectivity index (χ2n) is 5.67. The number of likely N-dealkylation sites (N-methyl/N-ethyl adjacent to an activating group) is 1. The normalized spacial score (nSPS) is 17.2. The molecule has 5 nitrogen and oxygen atoms in total. The number of rotatable bonds is 7. The van der Waals surface area contributed by atoms with Crippen molar-refractivity contribution >= 4 is 17.4 Å². The van der Waals surface area contributed by atoms with Crippen LogP contribution in [0.25, 0.3) is 0 Å². The summed E-state index contributed by atoms with van der Waals surface area (Å²) in [5, 5.41) is 15.7. The highest BCUT2D eigenvalue weighted by atomic mass is 35.5. The van der Waals surface area contributed by atoms with Gasteiger partial charge in [0.2, 0.25) is 0 Å². The maximum Gasteiger partial charge on any atom is 0.170 e. The second-order valence-corrected chi connectivity index (χ2v) is 6.08. The lowest BCUT2D eigenvalue weighted by Gasteiger charge is -2.24. The van der Waals surface area contributed by atoms with E-state index in [1.165, 1.54) is 12.8 Å². The van der Waals surface area contributed by atoms with Crippen LogP contribution in [0.5, 0.6) is 0 Å². The van der Waals surface area contributed by atoms with Crippen molar-refractivity contribution in [3.8, 4) is 0 Å². The van der Waals surface area contributed by atoms with E-state index in [1.807, 2.05) is 6.07 Å². The van der Waals surface area contributed by atoms with E-state index in [1.54, 1.807) is 12.1 Å². The Morgan fingerprint density at radius 2 is 2.29 bits per heavy atom. The van der Waals surface area contributed by atoms with Crippen LogP contribution in [0.3, 0.4) is 0 Å². The zero-order valence-electron chi connectivity index (χ0n) is 12.5. The van der Waals surface area contributed by atoms with Gasteiger partial charge in [0.05, 0.1) is 0 Å². The van der Waals surface area contributed by atoms with E-state index in [4.69, 9.17) is 22.5 Å².